The molecule has 1 aromatic rings. The maximum atomic E-state index is 11.8. The van der Waals surface area contributed by atoms with E-state index in [1.165, 1.54) is 103 Å². The van der Waals surface area contributed by atoms with Crippen LogP contribution in [0.15, 0.2) is 24.3 Å². The minimum absolute atomic E-state index is 0.196. The number of aromatic hydroxyl groups is 1. The number of ether oxygens (including phenoxy) is 1. The van der Waals surface area contributed by atoms with Gasteiger partial charge in [0.15, 0.2) is 0 Å². The SMILES string of the molecule is CCCCCCCCCCCCCCCCCCSCCOC(=O)Cc1ccc(O)cc1. The van der Waals surface area contributed by atoms with Crippen LogP contribution in [-0.4, -0.2) is 29.2 Å². The summed E-state index contributed by atoms with van der Waals surface area (Å²) in [5.41, 5.74) is 0.869. The van der Waals surface area contributed by atoms with Crippen molar-refractivity contribution < 1.29 is 14.6 Å². The molecule has 0 heterocycles. The molecule has 0 aliphatic heterocycles. The summed E-state index contributed by atoms with van der Waals surface area (Å²) in [6.07, 6.45) is 22.7. The van der Waals surface area contributed by atoms with Gasteiger partial charge in [-0.25, -0.2) is 0 Å². The molecule has 0 aliphatic rings. The van der Waals surface area contributed by atoms with Crippen LogP contribution in [0.4, 0.5) is 0 Å². The van der Waals surface area contributed by atoms with E-state index in [1.807, 2.05) is 11.8 Å². The number of esters is 1. The van der Waals surface area contributed by atoms with Crippen LogP contribution in [0.3, 0.4) is 0 Å². The highest BCUT2D eigenvalue weighted by Crippen LogP contribution is 2.15. The van der Waals surface area contributed by atoms with Gasteiger partial charge < -0.3 is 9.84 Å². The van der Waals surface area contributed by atoms with Crippen LogP contribution in [-0.2, 0) is 16.0 Å². The Hall–Kier alpha value is -1.16. The zero-order valence-electron chi connectivity index (χ0n) is 20.6. The van der Waals surface area contributed by atoms with Gasteiger partial charge in [-0.15, -0.1) is 0 Å². The lowest BCUT2D eigenvalue weighted by atomic mass is 10.0. The van der Waals surface area contributed by atoms with Crippen molar-refractivity contribution in [2.75, 3.05) is 18.1 Å². The number of phenols is 1. The Balaban J connectivity index is 1.74. The number of carbonyl (C=O) groups is 1. The van der Waals surface area contributed by atoms with Gasteiger partial charge in [0, 0.05) is 5.75 Å². The molecular formula is C28H48O3S. The van der Waals surface area contributed by atoms with Crippen molar-refractivity contribution in [3.63, 3.8) is 0 Å². The van der Waals surface area contributed by atoms with E-state index in [0.29, 0.717) is 6.61 Å². The quantitative estimate of drug-likeness (QED) is 0.138. The molecule has 0 radical (unpaired) electrons. The number of carbonyl (C=O) groups excluding carboxylic acids is 1. The number of hydrogen-bond donors (Lipinski definition) is 1. The highest BCUT2D eigenvalue weighted by atomic mass is 32.2. The van der Waals surface area contributed by atoms with E-state index in [1.54, 1.807) is 24.3 Å². The largest absolute Gasteiger partial charge is 0.508 e. The van der Waals surface area contributed by atoms with Crippen molar-refractivity contribution in [2.45, 2.75) is 116 Å². The Morgan fingerprint density at radius 3 is 1.69 bits per heavy atom. The number of phenolic OH excluding ortho intramolecular Hbond substituents is 1. The van der Waals surface area contributed by atoms with E-state index in [-0.39, 0.29) is 18.1 Å². The van der Waals surface area contributed by atoms with Gasteiger partial charge in [-0.2, -0.15) is 11.8 Å². The molecule has 32 heavy (non-hydrogen) atoms. The third kappa shape index (κ3) is 18.4. The standard InChI is InChI=1S/C28H48O3S/c1-2-3-4-5-6-7-8-9-10-11-12-13-14-15-16-17-23-32-24-22-31-28(30)25-26-18-20-27(29)21-19-26/h18-21,29H,2-17,22-25H2,1H3. The zero-order valence-corrected chi connectivity index (χ0v) is 21.4. The van der Waals surface area contributed by atoms with Gasteiger partial charge in [0.25, 0.3) is 0 Å². The molecule has 0 amide bonds. The van der Waals surface area contributed by atoms with Crippen molar-refractivity contribution in [1.29, 1.82) is 0 Å². The van der Waals surface area contributed by atoms with E-state index in [4.69, 9.17) is 4.74 Å². The number of thioether (sulfide) groups is 1. The summed E-state index contributed by atoms with van der Waals surface area (Å²) < 4.78 is 5.29. The van der Waals surface area contributed by atoms with Gasteiger partial charge in [-0.3, -0.25) is 4.79 Å². The summed E-state index contributed by atoms with van der Waals surface area (Å²) in [7, 11) is 0. The lowest BCUT2D eigenvalue weighted by Gasteiger charge is -2.06. The molecule has 1 rings (SSSR count). The predicted octanol–water partition coefficient (Wildman–Crippen LogP) is 8.47. The molecule has 0 aromatic heterocycles. The summed E-state index contributed by atoms with van der Waals surface area (Å²) in [4.78, 5) is 11.8. The Morgan fingerprint density at radius 1 is 0.719 bits per heavy atom. The lowest BCUT2D eigenvalue weighted by molar-refractivity contribution is -0.142. The van der Waals surface area contributed by atoms with Crippen LogP contribution < -0.4 is 0 Å². The topological polar surface area (TPSA) is 46.5 Å². The highest BCUT2D eigenvalue weighted by molar-refractivity contribution is 7.99. The second kappa shape index (κ2) is 21.7. The molecule has 0 saturated heterocycles. The Kier molecular flexibility index (Phi) is 19.6. The minimum atomic E-state index is -0.196. The Bertz CT molecular complexity index is 544. The van der Waals surface area contributed by atoms with E-state index < -0.39 is 0 Å². The van der Waals surface area contributed by atoms with E-state index in [9.17, 15) is 9.90 Å². The fourth-order valence-corrected chi connectivity index (χ4v) is 4.71. The summed E-state index contributed by atoms with van der Waals surface area (Å²) in [5, 5.41) is 9.26. The minimum Gasteiger partial charge on any atom is -0.508 e. The van der Waals surface area contributed by atoms with Gasteiger partial charge in [0.05, 0.1) is 6.42 Å². The predicted molar refractivity (Wildman–Crippen MR) is 140 cm³/mol. The van der Waals surface area contributed by atoms with Crippen LogP contribution in [0.1, 0.15) is 115 Å². The van der Waals surface area contributed by atoms with Crippen LogP contribution in [0.25, 0.3) is 0 Å². The van der Waals surface area contributed by atoms with Crippen molar-refractivity contribution in [1.82, 2.24) is 0 Å². The van der Waals surface area contributed by atoms with Crippen LogP contribution in [0.5, 0.6) is 5.75 Å². The molecule has 1 N–H and O–H groups in total. The fraction of sp³-hybridized carbons (Fsp3) is 0.750. The zero-order chi connectivity index (χ0) is 23.1. The van der Waals surface area contributed by atoms with Crippen molar-refractivity contribution >= 4 is 17.7 Å². The van der Waals surface area contributed by atoms with Gasteiger partial charge >= 0.3 is 5.97 Å². The van der Waals surface area contributed by atoms with Gasteiger partial charge in [0.1, 0.15) is 12.4 Å². The fourth-order valence-electron chi connectivity index (χ4n) is 3.90. The molecule has 0 fully saturated rings. The normalized spacial score (nSPS) is 11.0. The van der Waals surface area contributed by atoms with Gasteiger partial charge in [0.2, 0.25) is 0 Å². The molecule has 0 spiro atoms. The maximum absolute atomic E-state index is 11.8. The highest BCUT2D eigenvalue weighted by Gasteiger charge is 2.04. The van der Waals surface area contributed by atoms with E-state index in [2.05, 4.69) is 6.92 Å². The second-order valence-electron chi connectivity index (χ2n) is 8.98. The summed E-state index contributed by atoms with van der Waals surface area (Å²) >= 11 is 1.88. The number of benzene rings is 1. The lowest BCUT2D eigenvalue weighted by Crippen LogP contribution is -2.10. The molecule has 0 saturated carbocycles. The van der Waals surface area contributed by atoms with Crippen LogP contribution in [0, 0.1) is 0 Å². The second-order valence-corrected chi connectivity index (χ2v) is 10.2. The molecule has 0 aliphatic carbocycles. The molecule has 4 heteroatoms. The Morgan fingerprint density at radius 2 is 1.19 bits per heavy atom. The van der Waals surface area contributed by atoms with Crippen LogP contribution in [0.2, 0.25) is 0 Å². The maximum Gasteiger partial charge on any atom is 0.310 e. The summed E-state index contributed by atoms with van der Waals surface area (Å²) in [6.45, 7) is 2.77. The monoisotopic (exact) mass is 464 g/mol. The van der Waals surface area contributed by atoms with E-state index >= 15 is 0 Å². The first-order chi connectivity index (χ1) is 15.7. The number of hydrogen-bond acceptors (Lipinski definition) is 4. The molecule has 1 aromatic carbocycles. The first kappa shape index (κ1) is 28.9. The van der Waals surface area contributed by atoms with Crippen molar-refractivity contribution in [3.8, 4) is 5.75 Å². The molecule has 0 unspecified atom stereocenters. The van der Waals surface area contributed by atoms with Crippen molar-refractivity contribution in [3.05, 3.63) is 29.8 Å². The molecule has 0 atom stereocenters. The first-order valence-electron chi connectivity index (χ1n) is 13.2. The molecule has 184 valence electrons. The molecule has 0 bridgehead atoms. The third-order valence-corrected chi connectivity index (χ3v) is 6.95. The summed E-state index contributed by atoms with van der Waals surface area (Å²) in [5.74, 6) is 2.06. The number of unbranched alkanes of at least 4 members (excludes halogenated alkanes) is 15. The first-order valence-corrected chi connectivity index (χ1v) is 14.4. The average Bonchev–Trinajstić information content (AvgIpc) is 2.79. The van der Waals surface area contributed by atoms with E-state index in [0.717, 1.165) is 17.1 Å². The molecule has 3 nitrogen and oxygen atoms in total. The van der Waals surface area contributed by atoms with Crippen molar-refractivity contribution in [2.24, 2.45) is 0 Å². The van der Waals surface area contributed by atoms with Gasteiger partial charge in [-0.05, 0) is 29.9 Å². The summed E-state index contributed by atoms with van der Waals surface area (Å²) in [6, 6.07) is 6.69. The van der Waals surface area contributed by atoms with Crippen LogP contribution >= 0.6 is 11.8 Å². The van der Waals surface area contributed by atoms with Gasteiger partial charge in [-0.1, -0.05) is 115 Å². The Labute approximate surface area is 202 Å². The smallest absolute Gasteiger partial charge is 0.310 e. The average molecular weight is 465 g/mol. The number of rotatable bonds is 22. The molecular weight excluding hydrogens is 416 g/mol. The third-order valence-electron chi connectivity index (χ3n) is 5.92.